The van der Waals surface area contributed by atoms with Crippen LogP contribution in [-0.2, 0) is 6.54 Å². The first-order chi connectivity index (χ1) is 9.53. The summed E-state index contributed by atoms with van der Waals surface area (Å²) in [6.45, 7) is 10.8. The normalized spacial score (nSPS) is 11.6. The molecule has 1 heterocycles. The van der Waals surface area contributed by atoms with E-state index in [0.29, 0.717) is 12.0 Å². The minimum absolute atomic E-state index is 0.191. The zero-order chi connectivity index (χ0) is 15.1. The Hall–Kier alpha value is -0.910. The van der Waals surface area contributed by atoms with E-state index in [-0.39, 0.29) is 5.91 Å². The van der Waals surface area contributed by atoms with Crippen LogP contribution in [-0.4, -0.2) is 23.4 Å². The number of hydrazine groups is 1. The standard InChI is InChI=1S/C15H27N3OS/c1-5-13(6-2)18(9-11(3)4)10-12-7-8-20-14(12)15(19)17-16/h7-8,11,13H,5-6,9-10,16H2,1-4H3,(H,17,19). The summed E-state index contributed by atoms with van der Waals surface area (Å²) in [7, 11) is 0. The van der Waals surface area contributed by atoms with Crippen molar-refractivity contribution in [2.24, 2.45) is 11.8 Å². The van der Waals surface area contributed by atoms with E-state index in [0.717, 1.165) is 36.4 Å². The molecule has 0 saturated heterocycles. The van der Waals surface area contributed by atoms with Crippen LogP contribution >= 0.6 is 11.3 Å². The maximum absolute atomic E-state index is 11.8. The van der Waals surface area contributed by atoms with Gasteiger partial charge in [0.1, 0.15) is 0 Å². The molecule has 1 aromatic heterocycles. The van der Waals surface area contributed by atoms with Crippen molar-refractivity contribution >= 4 is 17.2 Å². The highest BCUT2D eigenvalue weighted by Gasteiger charge is 2.20. The van der Waals surface area contributed by atoms with Gasteiger partial charge < -0.3 is 0 Å². The highest BCUT2D eigenvalue weighted by molar-refractivity contribution is 7.12. The molecular weight excluding hydrogens is 270 g/mol. The maximum atomic E-state index is 11.8. The molecule has 0 fully saturated rings. The second kappa shape index (κ2) is 8.39. The lowest BCUT2D eigenvalue weighted by Crippen LogP contribution is -2.37. The Balaban J connectivity index is 2.89. The van der Waals surface area contributed by atoms with E-state index < -0.39 is 0 Å². The largest absolute Gasteiger partial charge is 0.296 e. The summed E-state index contributed by atoms with van der Waals surface area (Å²) in [5.74, 6) is 5.67. The molecule has 20 heavy (non-hydrogen) atoms. The van der Waals surface area contributed by atoms with Gasteiger partial charge in [0.25, 0.3) is 5.91 Å². The van der Waals surface area contributed by atoms with Gasteiger partial charge in [0.2, 0.25) is 0 Å². The van der Waals surface area contributed by atoms with Crippen molar-refractivity contribution in [1.82, 2.24) is 10.3 Å². The van der Waals surface area contributed by atoms with Crippen LogP contribution in [0.1, 0.15) is 55.8 Å². The van der Waals surface area contributed by atoms with E-state index in [1.54, 1.807) is 0 Å². The summed E-state index contributed by atoms with van der Waals surface area (Å²) >= 11 is 1.45. The highest BCUT2D eigenvalue weighted by atomic mass is 32.1. The van der Waals surface area contributed by atoms with Gasteiger partial charge in [0.05, 0.1) is 4.88 Å². The lowest BCUT2D eigenvalue weighted by atomic mass is 10.1. The van der Waals surface area contributed by atoms with Gasteiger partial charge >= 0.3 is 0 Å². The monoisotopic (exact) mass is 297 g/mol. The third-order valence-corrected chi connectivity index (χ3v) is 4.47. The van der Waals surface area contributed by atoms with Gasteiger partial charge in [-0.3, -0.25) is 15.1 Å². The summed E-state index contributed by atoms with van der Waals surface area (Å²) in [6.07, 6.45) is 2.26. The fourth-order valence-electron chi connectivity index (χ4n) is 2.56. The molecule has 0 aliphatic heterocycles. The second-order valence-electron chi connectivity index (χ2n) is 5.54. The lowest BCUT2D eigenvalue weighted by Gasteiger charge is -2.32. The minimum atomic E-state index is -0.191. The maximum Gasteiger partial charge on any atom is 0.275 e. The molecule has 0 aliphatic rings. The van der Waals surface area contributed by atoms with Crippen LogP contribution in [0.25, 0.3) is 0 Å². The van der Waals surface area contributed by atoms with Crippen molar-refractivity contribution in [1.29, 1.82) is 0 Å². The third kappa shape index (κ3) is 4.58. The first-order valence-corrected chi connectivity index (χ1v) is 8.22. The van der Waals surface area contributed by atoms with Gasteiger partial charge in [-0.2, -0.15) is 0 Å². The molecule has 3 N–H and O–H groups in total. The van der Waals surface area contributed by atoms with Gasteiger partial charge in [0.15, 0.2) is 0 Å². The minimum Gasteiger partial charge on any atom is -0.296 e. The SMILES string of the molecule is CCC(CC)N(Cc1ccsc1C(=O)NN)CC(C)C. The zero-order valence-electron chi connectivity index (χ0n) is 13.0. The Kier molecular flexibility index (Phi) is 7.19. The van der Waals surface area contributed by atoms with E-state index in [1.807, 2.05) is 11.4 Å². The van der Waals surface area contributed by atoms with Crippen molar-refractivity contribution in [3.8, 4) is 0 Å². The number of nitrogens with two attached hydrogens (primary N) is 1. The van der Waals surface area contributed by atoms with Gasteiger partial charge in [-0.1, -0.05) is 27.7 Å². The molecule has 1 amide bonds. The van der Waals surface area contributed by atoms with E-state index in [4.69, 9.17) is 5.84 Å². The van der Waals surface area contributed by atoms with Gasteiger partial charge in [-0.15, -0.1) is 11.3 Å². The Bertz CT molecular complexity index is 413. The van der Waals surface area contributed by atoms with E-state index >= 15 is 0 Å². The van der Waals surface area contributed by atoms with Gasteiger partial charge in [-0.05, 0) is 35.8 Å². The van der Waals surface area contributed by atoms with Crippen LogP contribution in [0.4, 0.5) is 0 Å². The smallest absolute Gasteiger partial charge is 0.275 e. The summed E-state index contributed by atoms with van der Waals surface area (Å²) < 4.78 is 0. The summed E-state index contributed by atoms with van der Waals surface area (Å²) in [6, 6.07) is 2.59. The van der Waals surface area contributed by atoms with Gasteiger partial charge in [0, 0.05) is 19.1 Å². The molecule has 5 heteroatoms. The molecule has 0 aromatic carbocycles. The van der Waals surface area contributed by atoms with E-state index in [2.05, 4.69) is 38.0 Å². The zero-order valence-corrected chi connectivity index (χ0v) is 13.8. The predicted molar refractivity (Wildman–Crippen MR) is 85.6 cm³/mol. The van der Waals surface area contributed by atoms with Crippen molar-refractivity contribution in [2.45, 2.75) is 53.1 Å². The molecule has 0 radical (unpaired) electrons. The Morgan fingerprint density at radius 1 is 1.40 bits per heavy atom. The highest BCUT2D eigenvalue weighted by Crippen LogP contribution is 2.22. The number of nitrogen functional groups attached to an aromatic ring is 1. The number of amides is 1. The number of hydrogen-bond donors (Lipinski definition) is 2. The van der Waals surface area contributed by atoms with Crippen LogP contribution in [0.5, 0.6) is 0 Å². The van der Waals surface area contributed by atoms with E-state index in [9.17, 15) is 4.79 Å². The second-order valence-corrected chi connectivity index (χ2v) is 6.46. The van der Waals surface area contributed by atoms with Crippen LogP contribution in [0, 0.1) is 5.92 Å². The topological polar surface area (TPSA) is 58.4 Å². The number of rotatable bonds is 8. The Morgan fingerprint density at radius 3 is 2.55 bits per heavy atom. The summed E-state index contributed by atoms with van der Waals surface area (Å²) in [4.78, 5) is 15.0. The molecular formula is C15H27N3OS. The first kappa shape index (κ1) is 17.1. The molecule has 114 valence electrons. The van der Waals surface area contributed by atoms with E-state index in [1.165, 1.54) is 11.3 Å². The molecule has 0 saturated carbocycles. The van der Waals surface area contributed by atoms with Crippen LogP contribution < -0.4 is 11.3 Å². The number of hydrogen-bond acceptors (Lipinski definition) is 4. The van der Waals surface area contributed by atoms with Crippen LogP contribution in [0.2, 0.25) is 0 Å². The molecule has 4 nitrogen and oxygen atoms in total. The van der Waals surface area contributed by atoms with Crippen LogP contribution in [0.15, 0.2) is 11.4 Å². The first-order valence-electron chi connectivity index (χ1n) is 7.34. The fourth-order valence-corrected chi connectivity index (χ4v) is 3.38. The number of thiophene rings is 1. The Labute approximate surface area is 126 Å². The quantitative estimate of drug-likeness (QED) is 0.440. The molecule has 0 unspecified atom stereocenters. The number of carbonyl (C=O) groups excluding carboxylic acids is 1. The molecule has 1 rings (SSSR count). The number of carbonyl (C=O) groups is 1. The molecule has 0 bridgehead atoms. The summed E-state index contributed by atoms with van der Waals surface area (Å²) in [5.41, 5.74) is 3.31. The fraction of sp³-hybridized carbons (Fsp3) is 0.667. The average Bonchev–Trinajstić information content (AvgIpc) is 2.86. The predicted octanol–water partition coefficient (Wildman–Crippen LogP) is 3.00. The van der Waals surface area contributed by atoms with Crippen molar-refractivity contribution in [3.63, 3.8) is 0 Å². The number of nitrogens with zero attached hydrogens (tertiary/aromatic N) is 1. The van der Waals surface area contributed by atoms with Crippen molar-refractivity contribution in [2.75, 3.05) is 6.54 Å². The molecule has 1 aromatic rings. The molecule has 0 spiro atoms. The lowest BCUT2D eigenvalue weighted by molar-refractivity contribution is 0.0954. The molecule has 0 atom stereocenters. The number of nitrogens with one attached hydrogen (secondary N) is 1. The van der Waals surface area contributed by atoms with Gasteiger partial charge in [-0.25, -0.2) is 5.84 Å². The Morgan fingerprint density at radius 2 is 2.05 bits per heavy atom. The summed E-state index contributed by atoms with van der Waals surface area (Å²) in [5, 5.41) is 1.96. The van der Waals surface area contributed by atoms with Crippen molar-refractivity contribution in [3.05, 3.63) is 21.9 Å². The molecule has 0 aliphatic carbocycles. The average molecular weight is 297 g/mol. The van der Waals surface area contributed by atoms with Crippen LogP contribution in [0.3, 0.4) is 0 Å². The third-order valence-electron chi connectivity index (χ3n) is 3.52. The van der Waals surface area contributed by atoms with Crippen molar-refractivity contribution < 1.29 is 4.79 Å².